The Balaban J connectivity index is 2.56. The molecule has 0 saturated heterocycles. The molecule has 0 aliphatic heterocycles. The van der Waals surface area contributed by atoms with E-state index in [1.54, 1.807) is 11.3 Å². The van der Waals surface area contributed by atoms with E-state index in [1.807, 2.05) is 24.4 Å². The molecule has 2 amide bonds. The van der Waals surface area contributed by atoms with Gasteiger partial charge in [-0.2, -0.15) is 0 Å². The van der Waals surface area contributed by atoms with Crippen molar-refractivity contribution in [2.75, 3.05) is 6.54 Å². The number of thiophene rings is 1. The molecule has 7 heteroatoms. The lowest BCUT2D eigenvalue weighted by atomic mass is 10.1. The first-order valence-electron chi connectivity index (χ1n) is 5.95. The molecule has 1 unspecified atom stereocenters. The van der Waals surface area contributed by atoms with Crippen LogP contribution in [0.1, 0.15) is 30.7 Å². The molecule has 0 aromatic carbocycles. The van der Waals surface area contributed by atoms with Gasteiger partial charge in [-0.05, 0) is 17.9 Å². The zero-order valence-electron chi connectivity index (χ0n) is 10.6. The third-order valence-corrected chi connectivity index (χ3v) is 3.53. The largest absolute Gasteiger partial charge is 0.392 e. The van der Waals surface area contributed by atoms with Gasteiger partial charge in [-0.3, -0.25) is 9.59 Å². The highest BCUT2D eigenvalue weighted by atomic mass is 32.1. The fourth-order valence-corrected chi connectivity index (χ4v) is 2.42. The molecule has 0 radical (unpaired) electrons. The Morgan fingerprint density at radius 1 is 1.47 bits per heavy atom. The molecule has 0 fully saturated rings. The lowest BCUT2D eigenvalue weighted by Gasteiger charge is -2.16. The first-order valence-corrected chi connectivity index (χ1v) is 7.23. The molecular weight excluding hydrogens is 282 g/mol. The van der Waals surface area contributed by atoms with E-state index in [0.29, 0.717) is 0 Å². The summed E-state index contributed by atoms with van der Waals surface area (Å²) in [6.07, 6.45) is 1.70. The minimum atomic E-state index is -0.717. The molecule has 0 bridgehead atoms. The van der Waals surface area contributed by atoms with Crippen LogP contribution in [0.5, 0.6) is 0 Å². The van der Waals surface area contributed by atoms with Gasteiger partial charge in [-0.15, -0.1) is 11.3 Å². The Bertz CT molecular complexity index is 446. The molecule has 4 N–H and O–H groups in total. The summed E-state index contributed by atoms with van der Waals surface area (Å²) in [6, 6.07) is 3.73. The molecule has 5 nitrogen and oxygen atoms in total. The molecule has 0 saturated carbocycles. The summed E-state index contributed by atoms with van der Waals surface area (Å²) in [5, 5.41) is 7.02. The molecule has 1 aromatic heterocycles. The summed E-state index contributed by atoms with van der Waals surface area (Å²) in [5.74, 6) is -1.38. The topological polar surface area (TPSA) is 84.2 Å². The summed E-state index contributed by atoms with van der Waals surface area (Å²) in [5.41, 5.74) is 5.25. The SMILES string of the molecule is CCCC(NC(=O)C(=O)NCC(N)=S)c1cccs1. The summed E-state index contributed by atoms with van der Waals surface area (Å²) in [7, 11) is 0. The number of nitrogens with one attached hydrogen (secondary N) is 2. The van der Waals surface area contributed by atoms with Crippen LogP contribution >= 0.6 is 23.6 Å². The van der Waals surface area contributed by atoms with Gasteiger partial charge >= 0.3 is 11.8 Å². The van der Waals surface area contributed by atoms with Crippen LogP contribution in [0.2, 0.25) is 0 Å². The van der Waals surface area contributed by atoms with Crippen molar-refractivity contribution in [2.24, 2.45) is 5.73 Å². The van der Waals surface area contributed by atoms with E-state index in [9.17, 15) is 9.59 Å². The van der Waals surface area contributed by atoms with Crippen molar-refractivity contribution < 1.29 is 9.59 Å². The zero-order chi connectivity index (χ0) is 14.3. The lowest BCUT2D eigenvalue weighted by molar-refractivity contribution is -0.139. The summed E-state index contributed by atoms with van der Waals surface area (Å²) >= 11 is 6.18. The highest BCUT2D eigenvalue weighted by molar-refractivity contribution is 7.80. The number of hydrogen-bond acceptors (Lipinski definition) is 4. The van der Waals surface area contributed by atoms with E-state index in [2.05, 4.69) is 22.9 Å². The number of nitrogens with two attached hydrogens (primary N) is 1. The zero-order valence-corrected chi connectivity index (χ0v) is 12.3. The molecule has 1 heterocycles. The third kappa shape index (κ3) is 5.35. The fourth-order valence-electron chi connectivity index (χ4n) is 1.54. The third-order valence-electron chi connectivity index (χ3n) is 2.40. The van der Waals surface area contributed by atoms with Crippen LogP contribution in [0.25, 0.3) is 0 Å². The summed E-state index contributed by atoms with van der Waals surface area (Å²) in [6.45, 7) is 2.05. The molecule has 1 aromatic rings. The Hall–Kier alpha value is -1.47. The van der Waals surface area contributed by atoms with E-state index in [-0.39, 0.29) is 17.6 Å². The van der Waals surface area contributed by atoms with Crippen molar-refractivity contribution in [3.8, 4) is 0 Å². The Labute approximate surface area is 121 Å². The lowest BCUT2D eigenvalue weighted by Crippen LogP contribution is -2.43. The standard InChI is InChI=1S/C12H17N3O2S2/c1-2-4-8(9-5-3-6-19-9)15-12(17)11(16)14-7-10(13)18/h3,5-6,8H,2,4,7H2,1H3,(H2,13,18)(H,14,16)(H,15,17). The second kappa shape index (κ2) is 7.85. The van der Waals surface area contributed by atoms with Crippen molar-refractivity contribution in [3.05, 3.63) is 22.4 Å². The quantitative estimate of drug-likeness (QED) is 0.542. The number of rotatable bonds is 6. The van der Waals surface area contributed by atoms with Crippen LogP contribution in [0.3, 0.4) is 0 Å². The predicted molar refractivity (Wildman–Crippen MR) is 79.9 cm³/mol. The van der Waals surface area contributed by atoms with Crippen LogP contribution < -0.4 is 16.4 Å². The molecule has 1 rings (SSSR count). The Morgan fingerprint density at radius 3 is 2.74 bits per heavy atom. The van der Waals surface area contributed by atoms with Gasteiger partial charge in [0.2, 0.25) is 0 Å². The van der Waals surface area contributed by atoms with Crippen molar-refractivity contribution >= 4 is 40.4 Å². The van der Waals surface area contributed by atoms with Crippen LogP contribution in [0.4, 0.5) is 0 Å². The van der Waals surface area contributed by atoms with Gasteiger partial charge in [-0.25, -0.2) is 0 Å². The first kappa shape index (κ1) is 15.6. The Kier molecular flexibility index (Phi) is 6.44. The minimum Gasteiger partial charge on any atom is -0.392 e. The van der Waals surface area contributed by atoms with E-state index in [4.69, 9.17) is 5.73 Å². The highest BCUT2D eigenvalue weighted by Gasteiger charge is 2.19. The molecule has 0 aliphatic carbocycles. The van der Waals surface area contributed by atoms with Crippen LogP contribution in [-0.2, 0) is 9.59 Å². The van der Waals surface area contributed by atoms with Gasteiger partial charge in [0.05, 0.1) is 17.6 Å². The summed E-state index contributed by atoms with van der Waals surface area (Å²) in [4.78, 5) is 24.4. The van der Waals surface area contributed by atoms with Crippen LogP contribution in [-0.4, -0.2) is 23.3 Å². The van der Waals surface area contributed by atoms with Crippen molar-refractivity contribution in [1.29, 1.82) is 0 Å². The van der Waals surface area contributed by atoms with Crippen LogP contribution in [0, 0.1) is 0 Å². The fraction of sp³-hybridized carbons (Fsp3) is 0.417. The van der Waals surface area contributed by atoms with E-state index < -0.39 is 11.8 Å². The number of thiocarbonyl (C=S) groups is 1. The summed E-state index contributed by atoms with van der Waals surface area (Å²) < 4.78 is 0. The average Bonchev–Trinajstić information content (AvgIpc) is 2.88. The number of carbonyl (C=O) groups is 2. The highest BCUT2D eigenvalue weighted by Crippen LogP contribution is 2.22. The smallest absolute Gasteiger partial charge is 0.309 e. The van der Waals surface area contributed by atoms with Gasteiger partial charge in [-0.1, -0.05) is 31.6 Å². The minimum absolute atomic E-state index is 0.0268. The number of amides is 2. The van der Waals surface area contributed by atoms with Crippen molar-refractivity contribution in [3.63, 3.8) is 0 Å². The van der Waals surface area contributed by atoms with E-state index in [1.165, 1.54) is 0 Å². The maximum Gasteiger partial charge on any atom is 0.309 e. The van der Waals surface area contributed by atoms with Crippen molar-refractivity contribution in [1.82, 2.24) is 10.6 Å². The monoisotopic (exact) mass is 299 g/mol. The second-order valence-electron chi connectivity index (χ2n) is 3.98. The maximum absolute atomic E-state index is 11.7. The second-order valence-corrected chi connectivity index (χ2v) is 5.48. The predicted octanol–water partition coefficient (Wildman–Crippen LogP) is 1.11. The molecule has 0 spiro atoms. The number of hydrogen-bond donors (Lipinski definition) is 3. The molecule has 19 heavy (non-hydrogen) atoms. The van der Waals surface area contributed by atoms with E-state index >= 15 is 0 Å². The number of carbonyl (C=O) groups excluding carboxylic acids is 2. The average molecular weight is 299 g/mol. The van der Waals surface area contributed by atoms with Crippen LogP contribution in [0.15, 0.2) is 17.5 Å². The van der Waals surface area contributed by atoms with Crippen molar-refractivity contribution in [2.45, 2.75) is 25.8 Å². The molecule has 0 aliphatic rings. The van der Waals surface area contributed by atoms with Gasteiger partial charge in [0.25, 0.3) is 0 Å². The van der Waals surface area contributed by atoms with Gasteiger partial charge in [0, 0.05) is 4.88 Å². The normalized spacial score (nSPS) is 11.6. The van der Waals surface area contributed by atoms with Gasteiger partial charge in [0.1, 0.15) is 0 Å². The molecule has 1 atom stereocenters. The molecular formula is C12H17N3O2S2. The van der Waals surface area contributed by atoms with E-state index in [0.717, 1.165) is 17.7 Å². The first-order chi connectivity index (χ1) is 9.04. The molecule has 104 valence electrons. The van der Waals surface area contributed by atoms with Gasteiger partial charge < -0.3 is 16.4 Å². The maximum atomic E-state index is 11.7. The Morgan fingerprint density at radius 2 is 2.21 bits per heavy atom. The van der Waals surface area contributed by atoms with Gasteiger partial charge in [0.15, 0.2) is 0 Å².